The third-order valence-electron chi connectivity index (χ3n) is 5.62. The van der Waals surface area contributed by atoms with Crippen LogP contribution < -0.4 is 14.8 Å². The van der Waals surface area contributed by atoms with Gasteiger partial charge in [-0.05, 0) is 47.9 Å². The highest BCUT2D eigenvalue weighted by Gasteiger charge is 2.30. The molecule has 0 aromatic heterocycles. The highest BCUT2D eigenvalue weighted by atomic mass is 16.5. The van der Waals surface area contributed by atoms with Gasteiger partial charge in [-0.1, -0.05) is 49.4 Å². The zero-order valence-electron chi connectivity index (χ0n) is 19.3. The van der Waals surface area contributed by atoms with Crippen molar-refractivity contribution in [2.45, 2.75) is 39.1 Å². The number of amides is 2. The molecule has 176 valence electrons. The lowest BCUT2D eigenvalue weighted by Gasteiger charge is -2.23. The maximum atomic E-state index is 13.2. The highest BCUT2D eigenvalue weighted by Crippen LogP contribution is 2.30. The number of hydrogen-bond donors (Lipinski definition) is 1. The molecular weight excluding hydrogens is 432 g/mol. The largest absolute Gasteiger partial charge is 0.497 e. The third-order valence-corrected chi connectivity index (χ3v) is 5.62. The average Bonchev–Trinajstić information content (AvgIpc) is 2.99. The van der Waals surface area contributed by atoms with Crippen LogP contribution in [0.2, 0.25) is 0 Å². The van der Waals surface area contributed by atoms with Crippen molar-refractivity contribution in [3.8, 4) is 11.5 Å². The van der Waals surface area contributed by atoms with E-state index in [9.17, 15) is 9.59 Å². The molecule has 34 heavy (non-hydrogen) atoms. The summed E-state index contributed by atoms with van der Waals surface area (Å²) in [6.45, 7) is 2.89. The maximum Gasteiger partial charge on any atom is 0.411 e. The van der Waals surface area contributed by atoms with E-state index >= 15 is 0 Å². The summed E-state index contributed by atoms with van der Waals surface area (Å²) in [5.41, 5.74) is 3.26. The zero-order valence-corrected chi connectivity index (χ0v) is 19.3. The molecule has 1 heterocycles. The van der Waals surface area contributed by atoms with Gasteiger partial charge in [-0.2, -0.15) is 0 Å². The van der Waals surface area contributed by atoms with Crippen molar-refractivity contribution in [1.82, 2.24) is 4.90 Å². The van der Waals surface area contributed by atoms with E-state index in [0.717, 1.165) is 22.4 Å². The fraction of sp³-hybridized carbons (Fsp3) is 0.259. The number of nitrogens with one attached hydrogen (secondary N) is 1. The van der Waals surface area contributed by atoms with Gasteiger partial charge in [-0.25, -0.2) is 4.79 Å². The molecule has 3 aromatic rings. The van der Waals surface area contributed by atoms with Crippen molar-refractivity contribution in [3.05, 3.63) is 89.5 Å². The predicted octanol–water partition coefficient (Wildman–Crippen LogP) is 5.14. The van der Waals surface area contributed by atoms with Crippen LogP contribution in [0.15, 0.2) is 72.8 Å². The first kappa shape index (κ1) is 23.2. The van der Waals surface area contributed by atoms with Gasteiger partial charge in [0.05, 0.1) is 7.11 Å². The van der Waals surface area contributed by atoms with Crippen molar-refractivity contribution in [2.75, 3.05) is 12.4 Å². The van der Waals surface area contributed by atoms with Gasteiger partial charge in [-0.3, -0.25) is 10.1 Å². The van der Waals surface area contributed by atoms with E-state index in [-0.39, 0.29) is 12.5 Å². The average molecular weight is 461 g/mol. The number of carbonyl (C=O) groups is 2. The quantitative estimate of drug-likeness (QED) is 0.528. The molecule has 1 atom stereocenters. The van der Waals surface area contributed by atoms with Crippen LogP contribution in [0.25, 0.3) is 0 Å². The van der Waals surface area contributed by atoms with E-state index in [1.54, 1.807) is 24.1 Å². The minimum atomic E-state index is -0.568. The SMILES string of the molecule is CC[C@H]1Oc2ccc(NC(=O)OCc3ccccc3)cc2CN(Cc2cccc(OC)c2)C1=O. The van der Waals surface area contributed by atoms with Crippen LogP contribution in [0, 0.1) is 0 Å². The molecule has 0 saturated heterocycles. The molecule has 0 saturated carbocycles. The molecule has 7 heteroatoms. The molecule has 0 unspecified atom stereocenters. The number of ether oxygens (including phenoxy) is 3. The molecule has 0 fully saturated rings. The number of hydrogen-bond acceptors (Lipinski definition) is 5. The Balaban J connectivity index is 1.49. The summed E-state index contributed by atoms with van der Waals surface area (Å²) in [5.74, 6) is 1.30. The molecule has 4 rings (SSSR count). The maximum absolute atomic E-state index is 13.2. The number of anilines is 1. The summed E-state index contributed by atoms with van der Waals surface area (Å²) >= 11 is 0. The molecule has 0 bridgehead atoms. The molecular formula is C27H28N2O5. The molecule has 0 radical (unpaired) electrons. The summed E-state index contributed by atoms with van der Waals surface area (Å²) < 4.78 is 16.7. The Morgan fingerprint density at radius 1 is 1.06 bits per heavy atom. The molecule has 1 N–H and O–H groups in total. The van der Waals surface area contributed by atoms with E-state index in [0.29, 0.717) is 30.9 Å². The molecule has 0 spiro atoms. The standard InChI is InChI=1S/C27H28N2O5/c1-3-24-26(30)29(16-20-10-7-11-23(14-20)32-2)17-21-15-22(12-13-25(21)34-24)28-27(31)33-18-19-8-5-4-6-9-19/h4-15,24H,3,16-18H2,1-2H3,(H,28,31)/t24-/m1/s1. The first-order valence-electron chi connectivity index (χ1n) is 11.2. The van der Waals surface area contributed by atoms with E-state index in [2.05, 4.69) is 5.32 Å². The minimum absolute atomic E-state index is 0.0710. The Labute approximate surface area is 199 Å². The van der Waals surface area contributed by atoms with Crippen LogP contribution in [0.4, 0.5) is 10.5 Å². The monoisotopic (exact) mass is 460 g/mol. The van der Waals surface area contributed by atoms with E-state index in [1.165, 1.54) is 0 Å². The number of benzene rings is 3. The number of fused-ring (bicyclic) bond motifs is 1. The van der Waals surface area contributed by atoms with E-state index in [1.807, 2.05) is 67.6 Å². The summed E-state index contributed by atoms with van der Waals surface area (Å²) in [4.78, 5) is 27.2. The predicted molar refractivity (Wildman–Crippen MR) is 129 cm³/mol. The van der Waals surface area contributed by atoms with Crippen LogP contribution in [0.1, 0.15) is 30.0 Å². The summed E-state index contributed by atoms with van der Waals surface area (Å²) in [6.07, 6.45) is -0.561. The van der Waals surface area contributed by atoms with Gasteiger partial charge in [0.1, 0.15) is 18.1 Å². The van der Waals surface area contributed by atoms with Crippen molar-refractivity contribution < 1.29 is 23.8 Å². The van der Waals surface area contributed by atoms with Gasteiger partial charge in [0, 0.05) is 24.3 Å². The van der Waals surface area contributed by atoms with Gasteiger partial charge in [-0.15, -0.1) is 0 Å². The highest BCUT2D eigenvalue weighted by molar-refractivity contribution is 5.85. The molecule has 7 nitrogen and oxygen atoms in total. The fourth-order valence-electron chi connectivity index (χ4n) is 3.85. The smallest absolute Gasteiger partial charge is 0.411 e. The lowest BCUT2D eigenvalue weighted by atomic mass is 10.1. The fourth-order valence-corrected chi connectivity index (χ4v) is 3.85. The van der Waals surface area contributed by atoms with Crippen molar-refractivity contribution in [1.29, 1.82) is 0 Å². The zero-order chi connectivity index (χ0) is 23.9. The Morgan fingerprint density at radius 3 is 2.62 bits per heavy atom. The van der Waals surface area contributed by atoms with E-state index < -0.39 is 12.2 Å². The lowest BCUT2D eigenvalue weighted by Crippen LogP contribution is -2.38. The normalized spacial score (nSPS) is 15.1. The van der Waals surface area contributed by atoms with Crippen LogP contribution in [0.3, 0.4) is 0 Å². The second kappa shape index (κ2) is 10.7. The summed E-state index contributed by atoms with van der Waals surface area (Å²) in [5, 5.41) is 2.76. The van der Waals surface area contributed by atoms with Crippen molar-refractivity contribution in [3.63, 3.8) is 0 Å². The Kier molecular flexibility index (Phi) is 7.32. The Bertz CT molecular complexity index is 1150. The minimum Gasteiger partial charge on any atom is -0.497 e. The van der Waals surface area contributed by atoms with E-state index in [4.69, 9.17) is 14.2 Å². The van der Waals surface area contributed by atoms with Crippen LogP contribution in [0.5, 0.6) is 11.5 Å². The van der Waals surface area contributed by atoms with Crippen molar-refractivity contribution >= 4 is 17.7 Å². The van der Waals surface area contributed by atoms with Gasteiger partial charge in [0.2, 0.25) is 0 Å². The van der Waals surface area contributed by atoms with Gasteiger partial charge >= 0.3 is 6.09 Å². The van der Waals surface area contributed by atoms with Gasteiger partial charge in [0.15, 0.2) is 6.10 Å². The Hall–Kier alpha value is -4.00. The van der Waals surface area contributed by atoms with Crippen LogP contribution in [-0.2, 0) is 29.2 Å². The van der Waals surface area contributed by atoms with Crippen molar-refractivity contribution in [2.24, 2.45) is 0 Å². The van der Waals surface area contributed by atoms with Gasteiger partial charge in [0.25, 0.3) is 5.91 Å². The third kappa shape index (κ3) is 5.67. The molecule has 2 amide bonds. The number of rotatable bonds is 7. The Morgan fingerprint density at radius 2 is 1.85 bits per heavy atom. The summed E-state index contributed by atoms with van der Waals surface area (Å²) in [7, 11) is 1.62. The number of methoxy groups -OCH3 is 1. The number of nitrogens with zero attached hydrogens (tertiary/aromatic N) is 1. The van der Waals surface area contributed by atoms with Crippen LogP contribution >= 0.6 is 0 Å². The first-order valence-corrected chi connectivity index (χ1v) is 11.2. The molecule has 1 aliphatic heterocycles. The van der Waals surface area contributed by atoms with Gasteiger partial charge < -0.3 is 19.1 Å². The topological polar surface area (TPSA) is 77.1 Å². The summed E-state index contributed by atoms with van der Waals surface area (Å²) in [6, 6.07) is 22.5. The second-order valence-corrected chi connectivity index (χ2v) is 8.07. The second-order valence-electron chi connectivity index (χ2n) is 8.07. The molecule has 3 aromatic carbocycles. The molecule has 1 aliphatic rings. The first-order chi connectivity index (χ1) is 16.6. The van der Waals surface area contributed by atoms with Crippen LogP contribution in [-0.4, -0.2) is 30.1 Å². The molecule has 0 aliphatic carbocycles. The number of carbonyl (C=O) groups excluding carboxylic acids is 2. The lowest BCUT2D eigenvalue weighted by molar-refractivity contribution is -0.139.